The Labute approximate surface area is 112 Å². The van der Waals surface area contributed by atoms with E-state index in [1.165, 1.54) is 6.92 Å². The summed E-state index contributed by atoms with van der Waals surface area (Å²) < 4.78 is 4.74. The molecule has 1 rings (SSSR count). The van der Waals surface area contributed by atoms with E-state index in [1.807, 2.05) is 12.1 Å². The molecule has 0 spiro atoms. The number of ether oxygens (including phenoxy) is 1. The molecule has 1 aromatic rings. The minimum Gasteiger partial charge on any atom is -0.450 e. The molecule has 0 radical (unpaired) electrons. The predicted octanol–water partition coefficient (Wildman–Crippen LogP) is 1.18. The van der Waals surface area contributed by atoms with E-state index in [0.717, 1.165) is 5.56 Å². The molecule has 19 heavy (non-hydrogen) atoms. The van der Waals surface area contributed by atoms with Crippen LogP contribution in [0.1, 0.15) is 19.4 Å². The molecule has 2 amide bonds. The summed E-state index contributed by atoms with van der Waals surface area (Å²) in [5, 5.41) is 2.59. The van der Waals surface area contributed by atoms with Gasteiger partial charge in [0.1, 0.15) is 0 Å². The average molecular weight is 265 g/mol. The summed E-state index contributed by atoms with van der Waals surface area (Å²) in [7, 11) is 0. The molecule has 0 fully saturated rings. The minimum absolute atomic E-state index is 0.0394. The van der Waals surface area contributed by atoms with Crippen LogP contribution in [-0.4, -0.2) is 41.6 Å². The van der Waals surface area contributed by atoms with Gasteiger partial charge in [0.15, 0.2) is 0 Å². The summed E-state index contributed by atoms with van der Waals surface area (Å²) in [4.78, 5) is 28.2. The quantitative estimate of drug-likeness (QED) is 0.838. The molecule has 0 atom stereocenters. The van der Waals surface area contributed by atoms with Gasteiger partial charge in [0.2, 0.25) is 5.91 Å². The predicted molar refractivity (Wildman–Crippen MR) is 70.4 cm³/mol. The lowest BCUT2D eigenvalue weighted by molar-refractivity contribution is -0.129. The smallest absolute Gasteiger partial charge is 0.407 e. The fraction of sp³-hybridized carbons (Fsp3) is 0.462. The number of carbonyl (C=O) groups excluding carboxylic acids is 2. The summed E-state index contributed by atoms with van der Waals surface area (Å²) >= 11 is 0. The zero-order chi connectivity index (χ0) is 14.1. The van der Waals surface area contributed by atoms with Crippen LogP contribution < -0.4 is 5.32 Å². The van der Waals surface area contributed by atoms with Crippen LogP contribution in [0, 0.1) is 0 Å². The van der Waals surface area contributed by atoms with Crippen molar-refractivity contribution in [2.45, 2.75) is 20.4 Å². The topological polar surface area (TPSA) is 71.5 Å². The maximum atomic E-state index is 11.5. The van der Waals surface area contributed by atoms with Crippen LogP contribution >= 0.6 is 0 Å². The van der Waals surface area contributed by atoms with E-state index in [0.29, 0.717) is 26.2 Å². The third-order valence-electron chi connectivity index (χ3n) is 2.49. The Bertz CT molecular complexity index is 409. The second-order valence-electron chi connectivity index (χ2n) is 3.94. The van der Waals surface area contributed by atoms with Crippen molar-refractivity contribution in [1.82, 2.24) is 15.2 Å². The average Bonchev–Trinajstić information content (AvgIpc) is 2.39. The Kier molecular flexibility index (Phi) is 6.35. The molecular formula is C13H19N3O3. The van der Waals surface area contributed by atoms with Gasteiger partial charge in [0.05, 0.1) is 6.61 Å². The fourth-order valence-electron chi connectivity index (χ4n) is 1.53. The van der Waals surface area contributed by atoms with Crippen molar-refractivity contribution in [2.75, 3.05) is 19.7 Å². The lowest BCUT2D eigenvalue weighted by Gasteiger charge is -2.21. The Morgan fingerprint density at radius 2 is 2.05 bits per heavy atom. The van der Waals surface area contributed by atoms with Gasteiger partial charge in [0.25, 0.3) is 0 Å². The van der Waals surface area contributed by atoms with Gasteiger partial charge in [-0.25, -0.2) is 4.79 Å². The van der Waals surface area contributed by atoms with Crippen molar-refractivity contribution >= 4 is 12.0 Å². The van der Waals surface area contributed by atoms with Gasteiger partial charge in [-0.05, 0) is 24.6 Å². The second kappa shape index (κ2) is 8.07. The lowest BCUT2D eigenvalue weighted by atomic mass is 10.2. The lowest BCUT2D eigenvalue weighted by Crippen LogP contribution is -2.37. The summed E-state index contributed by atoms with van der Waals surface area (Å²) in [6.45, 7) is 4.89. The number of carbonyl (C=O) groups is 2. The molecule has 1 N–H and O–H groups in total. The van der Waals surface area contributed by atoms with Crippen LogP contribution in [0.5, 0.6) is 0 Å². The summed E-state index contributed by atoms with van der Waals surface area (Å²) in [6, 6.07) is 3.71. The number of pyridine rings is 1. The Balaban J connectivity index is 2.41. The van der Waals surface area contributed by atoms with Gasteiger partial charge < -0.3 is 15.0 Å². The minimum atomic E-state index is -0.463. The highest BCUT2D eigenvalue weighted by Gasteiger charge is 2.10. The highest BCUT2D eigenvalue weighted by Crippen LogP contribution is 2.02. The first-order valence-corrected chi connectivity index (χ1v) is 6.18. The number of rotatable bonds is 6. The van der Waals surface area contributed by atoms with Crippen LogP contribution in [-0.2, 0) is 16.1 Å². The van der Waals surface area contributed by atoms with Crippen LogP contribution in [0.25, 0.3) is 0 Å². The van der Waals surface area contributed by atoms with Gasteiger partial charge in [-0.1, -0.05) is 0 Å². The van der Waals surface area contributed by atoms with Crippen molar-refractivity contribution in [3.8, 4) is 0 Å². The van der Waals surface area contributed by atoms with Crippen molar-refractivity contribution in [1.29, 1.82) is 0 Å². The van der Waals surface area contributed by atoms with E-state index in [4.69, 9.17) is 4.74 Å². The van der Waals surface area contributed by atoms with E-state index < -0.39 is 6.09 Å². The number of alkyl carbamates (subject to hydrolysis) is 1. The van der Waals surface area contributed by atoms with Crippen LogP contribution in [0.4, 0.5) is 4.79 Å². The van der Waals surface area contributed by atoms with Gasteiger partial charge in [0, 0.05) is 39.0 Å². The molecule has 0 saturated carbocycles. The third kappa shape index (κ3) is 5.85. The molecule has 104 valence electrons. The maximum absolute atomic E-state index is 11.5. The first-order valence-electron chi connectivity index (χ1n) is 6.18. The van der Waals surface area contributed by atoms with Crippen molar-refractivity contribution < 1.29 is 14.3 Å². The molecule has 0 aliphatic rings. The first-order chi connectivity index (χ1) is 9.13. The van der Waals surface area contributed by atoms with Gasteiger partial charge in [-0.3, -0.25) is 9.78 Å². The van der Waals surface area contributed by atoms with Gasteiger partial charge >= 0.3 is 6.09 Å². The standard InChI is InChI=1S/C13H19N3O3/c1-3-19-13(18)15-8-9-16(11(2)17)10-12-4-6-14-7-5-12/h4-7H,3,8-10H2,1-2H3,(H,15,18). The summed E-state index contributed by atoms with van der Waals surface area (Å²) in [5.74, 6) is -0.0394. The number of nitrogens with one attached hydrogen (secondary N) is 1. The highest BCUT2D eigenvalue weighted by atomic mass is 16.5. The van der Waals surface area contributed by atoms with E-state index in [9.17, 15) is 9.59 Å². The summed E-state index contributed by atoms with van der Waals surface area (Å²) in [5.41, 5.74) is 1.00. The van der Waals surface area contributed by atoms with Crippen molar-refractivity contribution in [3.63, 3.8) is 0 Å². The molecule has 0 bridgehead atoms. The normalized spacial score (nSPS) is 9.79. The molecule has 1 heterocycles. The summed E-state index contributed by atoms with van der Waals surface area (Å²) in [6.07, 6.45) is 2.91. The first kappa shape index (κ1) is 14.9. The zero-order valence-corrected chi connectivity index (χ0v) is 11.3. The molecule has 6 heteroatoms. The second-order valence-corrected chi connectivity index (χ2v) is 3.94. The highest BCUT2D eigenvalue weighted by molar-refractivity contribution is 5.73. The SMILES string of the molecule is CCOC(=O)NCCN(Cc1ccncc1)C(C)=O. The fourth-order valence-corrected chi connectivity index (χ4v) is 1.53. The largest absolute Gasteiger partial charge is 0.450 e. The van der Waals surface area contributed by atoms with Crippen LogP contribution in [0.2, 0.25) is 0 Å². The van der Waals surface area contributed by atoms with Crippen LogP contribution in [0.15, 0.2) is 24.5 Å². The van der Waals surface area contributed by atoms with Gasteiger partial charge in [-0.2, -0.15) is 0 Å². The molecule has 0 unspecified atom stereocenters. The van der Waals surface area contributed by atoms with E-state index in [1.54, 1.807) is 24.2 Å². The number of aromatic nitrogens is 1. The van der Waals surface area contributed by atoms with Crippen molar-refractivity contribution in [3.05, 3.63) is 30.1 Å². The number of nitrogens with zero attached hydrogens (tertiary/aromatic N) is 2. The molecule has 0 aliphatic heterocycles. The number of hydrogen-bond acceptors (Lipinski definition) is 4. The Morgan fingerprint density at radius 1 is 1.37 bits per heavy atom. The van der Waals surface area contributed by atoms with Crippen LogP contribution in [0.3, 0.4) is 0 Å². The molecule has 0 saturated heterocycles. The van der Waals surface area contributed by atoms with E-state index in [-0.39, 0.29) is 5.91 Å². The zero-order valence-electron chi connectivity index (χ0n) is 11.3. The number of amides is 2. The van der Waals surface area contributed by atoms with Gasteiger partial charge in [-0.15, -0.1) is 0 Å². The molecule has 0 aliphatic carbocycles. The molecular weight excluding hydrogens is 246 g/mol. The Hall–Kier alpha value is -2.11. The molecule has 0 aromatic carbocycles. The number of hydrogen-bond donors (Lipinski definition) is 1. The molecule has 6 nitrogen and oxygen atoms in total. The van der Waals surface area contributed by atoms with E-state index >= 15 is 0 Å². The molecule has 1 aromatic heterocycles. The monoisotopic (exact) mass is 265 g/mol. The third-order valence-corrected chi connectivity index (χ3v) is 2.49. The maximum Gasteiger partial charge on any atom is 0.407 e. The van der Waals surface area contributed by atoms with E-state index in [2.05, 4.69) is 10.3 Å². The van der Waals surface area contributed by atoms with Crippen molar-refractivity contribution in [2.24, 2.45) is 0 Å². The Morgan fingerprint density at radius 3 is 2.63 bits per heavy atom.